The number of benzene rings is 8. The van der Waals surface area contributed by atoms with Crippen LogP contribution in [0.3, 0.4) is 0 Å². The van der Waals surface area contributed by atoms with Crippen LogP contribution in [-0.4, -0.2) is 19.5 Å². The SMILES string of the molecule is Cc1ccc(-c2ccc3c(c2)c2cc(-c4ccc(C)cc4C)ccc2n3-c2cc(-c3nc(-c4ccccc4)nc(-c4ccccc4)n3)ccc2-c2ccc(C(F)(F)F)cc2C(F)(F)F)c(C)c1. The molecule has 0 aliphatic carbocycles. The Morgan fingerprint density at radius 3 is 1.28 bits per heavy atom. The molecule has 8 aromatic carbocycles. The molecule has 330 valence electrons. The van der Waals surface area contributed by atoms with Crippen LogP contribution in [0.5, 0.6) is 0 Å². The summed E-state index contributed by atoms with van der Waals surface area (Å²) in [5, 5.41) is 1.66. The zero-order valence-corrected chi connectivity index (χ0v) is 36.7. The minimum Gasteiger partial charge on any atom is -0.309 e. The molecule has 0 saturated carbocycles. The van der Waals surface area contributed by atoms with Gasteiger partial charge in [-0.05, 0) is 109 Å². The highest BCUT2D eigenvalue weighted by atomic mass is 19.4. The Labute approximate surface area is 382 Å². The van der Waals surface area contributed by atoms with Crippen LogP contribution in [0.2, 0.25) is 0 Å². The van der Waals surface area contributed by atoms with Crippen molar-refractivity contribution in [2.75, 3.05) is 0 Å². The molecular weight excluding hydrogens is 855 g/mol. The van der Waals surface area contributed by atoms with Crippen LogP contribution >= 0.6 is 0 Å². The zero-order valence-electron chi connectivity index (χ0n) is 36.7. The lowest BCUT2D eigenvalue weighted by atomic mass is 9.94. The van der Waals surface area contributed by atoms with Gasteiger partial charge in [-0.3, -0.25) is 0 Å². The molecule has 0 N–H and O–H groups in total. The average Bonchev–Trinajstić information content (AvgIpc) is 3.64. The van der Waals surface area contributed by atoms with Gasteiger partial charge < -0.3 is 4.57 Å². The first-order chi connectivity index (χ1) is 32.1. The smallest absolute Gasteiger partial charge is 0.309 e. The highest BCUT2D eigenvalue weighted by molar-refractivity contribution is 6.12. The molecule has 0 saturated heterocycles. The highest BCUT2D eigenvalue weighted by Gasteiger charge is 2.39. The fourth-order valence-electron chi connectivity index (χ4n) is 9.10. The van der Waals surface area contributed by atoms with Crippen molar-refractivity contribution in [3.8, 4) is 73.2 Å². The first-order valence-electron chi connectivity index (χ1n) is 21.6. The number of aryl methyl sites for hydroxylation is 4. The third kappa shape index (κ3) is 8.13. The van der Waals surface area contributed by atoms with E-state index >= 15 is 13.2 Å². The van der Waals surface area contributed by atoms with Crippen molar-refractivity contribution in [1.82, 2.24) is 19.5 Å². The van der Waals surface area contributed by atoms with Crippen LogP contribution in [0.1, 0.15) is 33.4 Å². The summed E-state index contributed by atoms with van der Waals surface area (Å²) in [6, 6.07) is 50.0. The van der Waals surface area contributed by atoms with Crippen molar-refractivity contribution in [3.05, 3.63) is 203 Å². The van der Waals surface area contributed by atoms with Crippen LogP contribution in [0, 0.1) is 27.7 Å². The molecule has 10 heteroatoms. The number of hydrogen-bond acceptors (Lipinski definition) is 3. The van der Waals surface area contributed by atoms with Crippen LogP contribution in [-0.2, 0) is 12.4 Å². The molecule has 10 aromatic rings. The van der Waals surface area contributed by atoms with Crippen LogP contribution in [0.4, 0.5) is 26.3 Å². The van der Waals surface area contributed by atoms with Gasteiger partial charge in [-0.2, -0.15) is 26.3 Å². The number of nitrogens with zero attached hydrogens (tertiary/aromatic N) is 4. The Bertz CT molecular complexity index is 3370. The number of halogens is 6. The highest BCUT2D eigenvalue weighted by Crippen LogP contribution is 2.46. The molecule has 0 bridgehead atoms. The Kier molecular flexibility index (Phi) is 10.6. The molecule has 67 heavy (non-hydrogen) atoms. The van der Waals surface area contributed by atoms with Gasteiger partial charge in [0.1, 0.15) is 0 Å². The monoisotopic (exact) mass is 894 g/mol. The van der Waals surface area contributed by atoms with E-state index in [0.29, 0.717) is 34.3 Å². The zero-order chi connectivity index (χ0) is 46.8. The molecule has 0 amide bonds. The Morgan fingerprint density at radius 1 is 0.373 bits per heavy atom. The second kappa shape index (κ2) is 16.5. The largest absolute Gasteiger partial charge is 0.417 e. The summed E-state index contributed by atoms with van der Waals surface area (Å²) in [5.74, 6) is 1.01. The van der Waals surface area contributed by atoms with Crippen LogP contribution < -0.4 is 0 Å². The van der Waals surface area contributed by atoms with E-state index in [-0.39, 0.29) is 23.1 Å². The maximum atomic E-state index is 15.2. The molecule has 0 aliphatic rings. The first kappa shape index (κ1) is 43.1. The fraction of sp³-hybridized carbons (Fsp3) is 0.105. The lowest BCUT2D eigenvalue weighted by Gasteiger charge is -2.20. The summed E-state index contributed by atoms with van der Waals surface area (Å²) in [6.45, 7) is 8.19. The van der Waals surface area contributed by atoms with Gasteiger partial charge in [-0.15, -0.1) is 0 Å². The molecule has 10 rings (SSSR count). The van der Waals surface area contributed by atoms with E-state index in [4.69, 9.17) is 15.0 Å². The van der Waals surface area contributed by atoms with E-state index in [1.165, 1.54) is 6.07 Å². The Morgan fingerprint density at radius 2 is 0.821 bits per heavy atom. The van der Waals surface area contributed by atoms with Gasteiger partial charge in [0.05, 0.1) is 27.8 Å². The molecular formula is C57H40F6N4. The van der Waals surface area contributed by atoms with Crippen molar-refractivity contribution in [2.45, 2.75) is 40.0 Å². The maximum absolute atomic E-state index is 15.2. The van der Waals surface area contributed by atoms with E-state index in [2.05, 4.69) is 62.4 Å². The summed E-state index contributed by atoms with van der Waals surface area (Å²) in [5.41, 5.74) is 8.71. The molecule has 0 aliphatic heterocycles. The average molecular weight is 895 g/mol. The molecule has 2 heterocycles. The summed E-state index contributed by atoms with van der Waals surface area (Å²) in [6.07, 6.45) is -10.1. The number of hydrogen-bond donors (Lipinski definition) is 0. The van der Waals surface area contributed by atoms with Crippen LogP contribution in [0.25, 0.3) is 95.0 Å². The quantitative estimate of drug-likeness (QED) is 0.150. The van der Waals surface area contributed by atoms with Crippen molar-refractivity contribution in [1.29, 1.82) is 0 Å². The number of rotatable bonds is 7. The molecule has 2 aromatic heterocycles. The van der Waals surface area contributed by atoms with E-state index in [0.717, 1.165) is 72.5 Å². The topological polar surface area (TPSA) is 43.6 Å². The van der Waals surface area contributed by atoms with E-state index in [1.54, 1.807) is 12.1 Å². The number of aromatic nitrogens is 4. The minimum absolute atomic E-state index is 0.0566. The van der Waals surface area contributed by atoms with Crippen molar-refractivity contribution in [2.24, 2.45) is 0 Å². The first-order valence-corrected chi connectivity index (χ1v) is 21.6. The summed E-state index contributed by atoms with van der Waals surface area (Å²) in [4.78, 5) is 14.7. The minimum atomic E-state index is -5.14. The Hall–Kier alpha value is -7.85. The van der Waals surface area contributed by atoms with Gasteiger partial charge in [0.25, 0.3) is 0 Å². The maximum Gasteiger partial charge on any atom is 0.417 e. The van der Waals surface area contributed by atoms with Gasteiger partial charge in [0.2, 0.25) is 0 Å². The molecule has 0 unspecified atom stereocenters. The van der Waals surface area contributed by atoms with Gasteiger partial charge in [-0.25, -0.2) is 15.0 Å². The van der Waals surface area contributed by atoms with Crippen molar-refractivity contribution < 1.29 is 26.3 Å². The second-order valence-corrected chi connectivity index (χ2v) is 17.0. The predicted octanol–water partition coefficient (Wildman–Crippen LogP) is 16.2. The Balaban J connectivity index is 1.30. The van der Waals surface area contributed by atoms with Crippen LogP contribution in [0.15, 0.2) is 170 Å². The van der Waals surface area contributed by atoms with Gasteiger partial charge in [-0.1, -0.05) is 139 Å². The third-order valence-corrected chi connectivity index (χ3v) is 12.3. The fourth-order valence-corrected chi connectivity index (χ4v) is 9.10. The van der Waals surface area contributed by atoms with E-state index in [1.807, 2.05) is 103 Å². The van der Waals surface area contributed by atoms with Gasteiger partial charge in [0.15, 0.2) is 17.5 Å². The summed E-state index contributed by atoms with van der Waals surface area (Å²) >= 11 is 0. The molecule has 0 spiro atoms. The molecule has 0 radical (unpaired) electrons. The van der Waals surface area contributed by atoms with Crippen molar-refractivity contribution >= 4 is 21.8 Å². The van der Waals surface area contributed by atoms with Gasteiger partial charge >= 0.3 is 12.4 Å². The van der Waals surface area contributed by atoms with Crippen molar-refractivity contribution in [3.63, 3.8) is 0 Å². The van der Waals surface area contributed by atoms with E-state index < -0.39 is 29.0 Å². The number of fused-ring (bicyclic) bond motifs is 3. The molecule has 4 nitrogen and oxygen atoms in total. The normalized spacial score (nSPS) is 12.0. The lowest BCUT2D eigenvalue weighted by molar-refractivity contribution is -0.142. The lowest BCUT2D eigenvalue weighted by Crippen LogP contribution is -2.12. The third-order valence-electron chi connectivity index (χ3n) is 12.3. The summed E-state index contributed by atoms with van der Waals surface area (Å²) in [7, 11) is 0. The second-order valence-electron chi connectivity index (χ2n) is 17.0. The molecule has 0 fully saturated rings. The summed E-state index contributed by atoms with van der Waals surface area (Å²) < 4.78 is 89.7. The standard InChI is InChI=1S/C57H40F6N4/c1-33-15-21-43(35(3)27-33)39-18-25-50-47(29-39)48-30-40(44-22-16-34(2)28-36(44)4)19-26-51(48)67(50)52-31-41(17-23-46(52)45-24-20-42(56(58,59)60)32-49(45)57(61,62)63)55-65-53(37-11-7-5-8-12-37)64-54(66-55)38-13-9-6-10-14-38/h5-32H,1-4H3. The predicted molar refractivity (Wildman–Crippen MR) is 256 cm³/mol. The number of alkyl halides is 6. The van der Waals surface area contributed by atoms with E-state index in [9.17, 15) is 13.2 Å². The molecule has 0 atom stereocenters. The van der Waals surface area contributed by atoms with Gasteiger partial charge in [0, 0.05) is 33.0 Å².